The third-order valence-electron chi connectivity index (χ3n) is 12.5. The average molecular weight is 769 g/mol. The Hall–Kier alpha value is -7.21. The first-order chi connectivity index (χ1) is 29.7. The van der Waals surface area contributed by atoms with E-state index >= 15 is 0 Å². The minimum Gasteiger partial charge on any atom is -0.279 e. The van der Waals surface area contributed by atoms with Gasteiger partial charge < -0.3 is 0 Å². The number of hydrogen-bond donors (Lipinski definition) is 3. The molecule has 11 aromatic rings. The van der Waals surface area contributed by atoms with Crippen LogP contribution in [0.4, 0.5) is 0 Å². The van der Waals surface area contributed by atoms with Crippen LogP contribution >= 0.6 is 0 Å². The standard InChI is InChI=1S/C56H40N4/c1-3-16-35(17-4-1)42-28-15-29-48-52(42)47-31-30-39(34-51(47)57-53(48)36-18-5-2-6-19-36)54-58-55(49-32-37-20-7-9-22-40(37)43-24-11-13-26-45(43)49)60-56(59-54)50-33-38-21-8-10-23-41(38)44-25-12-14-27-46(44)50/h1-34,54-56,58-60H. The molecule has 1 aliphatic heterocycles. The summed E-state index contributed by atoms with van der Waals surface area (Å²) in [6, 6.07) is 74.6. The summed E-state index contributed by atoms with van der Waals surface area (Å²) in [5, 5.41) is 25.6. The van der Waals surface area contributed by atoms with E-state index < -0.39 is 0 Å². The highest BCUT2D eigenvalue weighted by Gasteiger charge is 2.32. The van der Waals surface area contributed by atoms with Crippen molar-refractivity contribution in [2.75, 3.05) is 0 Å². The van der Waals surface area contributed by atoms with Gasteiger partial charge in [0.15, 0.2) is 0 Å². The van der Waals surface area contributed by atoms with Crippen LogP contribution in [0, 0.1) is 0 Å². The number of pyridine rings is 1. The van der Waals surface area contributed by atoms with Gasteiger partial charge in [-0.1, -0.05) is 188 Å². The molecule has 0 saturated carbocycles. The molecule has 10 aromatic carbocycles. The lowest BCUT2D eigenvalue weighted by Gasteiger charge is -2.40. The summed E-state index contributed by atoms with van der Waals surface area (Å²) in [6.07, 6.45) is -0.597. The maximum Gasteiger partial charge on any atom is 0.0870 e. The van der Waals surface area contributed by atoms with Crippen molar-refractivity contribution < 1.29 is 0 Å². The fourth-order valence-electron chi connectivity index (χ4n) is 9.77. The second kappa shape index (κ2) is 14.3. The maximum atomic E-state index is 5.50. The van der Waals surface area contributed by atoms with Crippen LogP contribution in [0.3, 0.4) is 0 Å². The molecule has 4 heteroatoms. The highest BCUT2D eigenvalue weighted by molar-refractivity contribution is 6.17. The van der Waals surface area contributed by atoms with E-state index in [1.807, 2.05) is 0 Å². The minimum atomic E-state index is -0.219. The smallest absolute Gasteiger partial charge is 0.0870 e. The molecule has 0 amide bonds. The zero-order valence-corrected chi connectivity index (χ0v) is 32.8. The summed E-state index contributed by atoms with van der Waals surface area (Å²) in [5.41, 5.74) is 9.00. The Bertz CT molecular complexity index is 3310. The molecule has 1 saturated heterocycles. The van der Waals surface area contributed by atoms with Crippen molar-refractivity contribution in [2.24, 2.45) is 0 Å². The second-order valence-corrected chi connectivity index (χ2v) is 16.0. The van der Waals surface area contributed by atoms with Crippen molar-refractivity contribution in [3.63, 3.8) is 0 Å². The van der Waals surface area contributed by atoms with Crippen molar-refractivity contribution in [3.05, 3.63) is 223 Å². The molecule has 1 aliphatic rings. The van der Waals surface area contributed by atoms with Gasteiger partial charge in [-0.2, -0.15) is 0 Å². The van der Waals surface area contributed by atoms with Gasteiger partial charge in [-0.3, -0.25) is 16.0 Å². The van der Waals surface area contributed by atoms with Crippen molar-refractivity contribution in [1.29, 1.82) is 0 Å². The Morgan fingerprint density at radius 2 is 0.817 bits per heavy atom. The number of aromatic nitrogens is 1. The van der Waals surface area contributed by atoms with Crippen molar-refractivity contribution in [2.45, 2.75) is 18.5 Å². The summed E-state index contributed by atoms with van der Waals surface area (Å²) in [7, 11) is 0. The molecular weight excluding hydrogens is 729 g/mol. The first-order valence-corrected chi connectivity index (χ1v) is 20.8. The molecule has 1 fully saturated rings. The number of rotatable bonds is 5. The fraction of sp³-hybridized carbons (Fsp3) is 0.0536. The van der Waals surface area contributed by atoms with Gasteiger partial charge in [0.05, 0.1) is 29.7 Å². The monoisotopic (exact) mass is 768 g/mol. The lowest BCUT2D eigenvalue weighted by atomic mass is 9.91. The van der Waals surface area contributed by atoms with Gasteiger partial charge in [0.2, 0.25) is 0 Å². The van der Waals surface area contributed by atoms with Gasteiger partial charge in [-0.05, 0) is 89.1 Å². The second-order valence-electron chi connectivity index (χ2n) is 16.0. The summed E-state index contributed by atoms with van der Waals surface area (Å²) in [5.74, 6) is 0. The highest BCUT2D eigenvalue weighted by atomic mass is 15.4. The van der Waals surface area contributed by atoms with E-state index in [2.05, 4.69) is 222 Å². The molecule has 12 rings (SSSR count). The number of hydrogen-bond acceptors (Lipinski definition) is 4. The highest BCUT2D eigenvalue weighted by Crippen LogP contribution is 2.41. The lowest BCUT2D eigenvalue weighted by Crippen LogP contribution is -2.54. The van der Waals surface area contributed by atoms with Crippen molar-refractivity contribution in [1.82, 2.24) is 20.9 Å². The topological polar surface area (TPSA) is 49.0 Å². The van der Waals surface area contributed by atoms with Crippen LogP contribution in [-0.4, -0.2) is 4.98 Å². The number of nitrogens with zero attached hydrogens (tertiary/aromatic N) is 1. The Labute approximate surface area is 348 Å². The van der Waals surface area contributed by atoms with E-state index in [1.54, 1.807) is 0 Å². The molecule has 2 atom stereocenters. The van der Waals surface area contributed by atoms with Gasteiger partial charge in [-0.25, -0.2) is 4.98 Å². The molecule has 2 unspecified atom stereocenters. The number of fused-ring (bicyclic) bond motifs is 9. The largest absolute Gasteiger partial charge is 0.279 e. The van der Waals surface area contributed by atoms with Crippen LogP contribution in [0.25, 0.3) is 87.1 Å². The number of nitrogens with one attached hydrogen (secondary N) is 3. The van der Waals surface area contributed by atoms with Crippen LogP contribution in [-0.2, 0) is 0 Å². The van der Waals surface area contributed by atoms with Gasteiger partial charge in [-0.15, -0.1) is 0 Å². The first kappa shape index (κ1) is 34.8. The molecule has 3 N–H and O–H groups in total. The molecule has 0 aliphatic carbocycles. The maximum absolute atomic E-state index is 5.50. The van der Waals surface area contributed by atoms with E-state index in [4.69, 9.17) is 4.98 Å². The molecule has 0 radical (unpaired) electrons. The van der Waals surface area contributed by atoms with Crippen LogP contribution in [0.15, 0.2) is 206 Å². The van der Waals surface area contributed by atoms with E-state index in [1.165, 1.54) is 70.7 Å². The van der Waals surface area contributed by atoms with Gasteiger partial charge in [0.1, 0.15) is 0 Å². The molecule has 60 heavy (non-hydrogen) atoms. The quantitative estimate of drug-likeness (QED) is 0.153. The van der Waals surface area contributed by atoms with Crippen LogP contribution in [0.1, 0.15) is 35.2 Å². The van der Waals surface area contributed by atoms with Crippen LogP contribution < -0.4 is 16.0 Å². The molecule has 2 heterocycles. The van der Waals surface area contributed by atoms with E-state index in [-0.39, 0.29) is 18.5 Å². The molecule has 284 valence electrons. The molecule has 0 spiro atoms. The molecular formula is C56H40N4. The third kappa shape index (κ3) is 5.76. The minimum absolute atomic E-state index is 0.189. The van der Waals surface area contributed by atoms with Crippen LogP contribution in [0.2, 0.25) is 0 Å². The predicted molar refractivity (Wildman–Crippen MR) is 251 cm³/mol. The van der Waals surface area contributed by atoms with Gasteiger partial charge in [0.25, 0.3) is 0 Å². The molecule has 4 nitrogen and oxygen atoms in total. The zero-order valence-electron chi connectivity index (χ0n) is 32.8. The summed E-state index contributed by atoms with van der Waals surface area (Å²) < 4.78 is 0. The van der Waals surface area contributed by atoms with E-state index in [0.29, 0.717) is 0 Å². The molecule has 0 bridgehead atoms. The fourth-order valence-corrected chi connectivity index (χ4v) is 9.77. The van der Waals surface area contributed by atoms with Crippen LogP contribution in [0.5, 0.6) is 0 Å². The van der Waals surface area contributed by atoms with E-state index in [9.17, 15) is 0 Å². The first-order valence-electron chi connectivity index (χ1n) is 20.8. The van der Waals surface area contributed by atoms with E-state index in [0.717, 1.165) is 33.1 Å². The summed E-state index contributed by atoms with van der Waals surface area (Å²) in [6.45, 7) is 0. The summed E-state index contributed by atoms with van der Waals surface area (Å²) >= 11 is 0. The Balaban J connectivity index is 1.07. The van der Waals surface area contributed by atoms with Gasteiger partial charge >= 0.3 is 0 Å². The molecule has 1 aromatic heterocycles. The SMILES string of the molecule is c1ccc(-c2nc3cc(C4NC(c5cc6ccccc6c6ccccc56)NC(c5cc6ccccc6c6ccccc56)N4)ccc3c3c(-c4ccccc4)cccc23)cc1. The Morgan fingerprint density at radius 3 is 1.42 bits per heavy atom. The number of benzene rings is 10. The van der Waals surface area contributed by atoms with Crippen molar-refractivity contribution >= 4 is 64.8 Å². The van der Waals surface area contributed by atoms with Gasteiger partial charge in [0, 0.05) is 21.7 Å². The summed E-state index contributed by atoms with van der Waals surface area (Å²) in [4.78, 5) is 5.50. The van der Waals surface area contributed by atoms with Crippen molar-refractivity contribution in [3.8, 4) is 22.4 Å². The predicted octanol–water partition coefficient (Wildman–Crippen LogP) is 13.5. The Morgan fingerprint density at radius 1 is 0.333 bits per heavy atom. The Kier molecular flexibility index (Phi) is 8.27. The zero-order chi connectivity index (χ0) is 39.6. The average Bonchev–Trinajstić information content (AvgIpc) is 3.33. The third-order valence-corrected chi connectivity index (χ3v) is 12.5. The lowest BCUT2D eigenvalue weighted by molar-refractivity contribution is 0.205. The normalized spacial score (nSPS) is 17.0.